The van der Waals surface area contributed by atoms with Crippen molar-refractivity contribution in [3.8, 4) is 41.2 Å². The number of pyridine rings is 1. The van der Waals surface area contributed by atoms with E-state index in [1.165, 1.54) is 24.3 Å². The number of terminal acetylenes is 1. The van der Waals surface area contributed by atoms with Gasteiger partial charge in [-0.25, -0.2) is 18.2 Å². The van der Waals surface area contributed by atoms with Crippen LogP contribution in [0.15, 0.2) is 24.3 Å². The SMILES string of the molecule is C#Cc1c(F)ccc2cc(O)cc(-c3nc(OCC)c4c(N5CCNC6(CCC6)C5)nc(OC[C@@]56CCCN5C[C@H](F)C6)nc4c3F)c12. The fraction of sp³-hybridized carbons (Fsp3) is 0.472. The van der Waals surface area contributed by atoms with Crippen molar-refractivity contribution in [2.75, 3.05) is 50.8 Å². The van der Waals surface area contributed by atoms with Crippen LogP contribution in [0.5, 0.6) is 17.6 Å². The molecule has 4 aliphatic rings. The highest BCUT2D eigenvalue weighted by Crippen LogP contribution is 2.44. The molecule has 3 aliphatic heterocycles. The Morgan fingerprint density at radius 2 is 1.94 bits per heavy atom. The highest BCUT2D eigenvalue weighted by Gasteiger charge is 2.49. The van der Waals surface area contributed by atoms with Crippen molar-refractivity contribution in [1.82, 2.24) is 25.2 Å². The second kappa shape index (κ2) is 11.7. The number of ether oxygens (including phenoxy) is 2. The Morgan fingerprint density at radius 1 is 1.08 bits per heavy atom. The van der Waals surface area contributed by atoms with Gasteiger partial charge >= 0.3 is 6.01 Å². The van der Waals surface area contributed by atoms with Crippen molar-refractivity contribution in [3.63, 3.8) is 0 Å². The molecule has 250 valence electrons. The van der Waals surface area contributed by atoms with Crippen LogP contribution in [-0.4, -0.2) is 88.1 Å². The fourth-order valence-corrected chi connectivity index (χ4v) is 8.29. The number of hydrogen-bond donors (Lipinski definition) is 2. The number of benzene rings is 2. The van der Waals surface area contributed by atoms with Gasteiger partial charge in [-0.2, -0.15) is 9.97 Å². The van der Waals surface area contributed by atoms with Crippen LogP contribution >= 0.6 is 0 Å². The van der Waals surface area contributed by atoms with Gasteiger partial charge in [0.15, 0.2) is 5.82 Å². The molecular formula is C36H37F3N6O3. The van der Waals surface area contributed by atoms with Gasteiger partial charge in [0.2, 0.25) is 5.88 Å². The van der Waals surface area contributed by atoms with Crippen molar-refractivity contribution in [2.24, 2.45) is 0 Å². The summed E-state index contributed by atoms with van der Waals surface area (Å²) in [5.41, 5.74) is -0.807. The van der Waals surface area contributed by atoms with Gasteiger partial charge in [0.25, 0.3) is 0 Å². The molecule has 2 atom stereocenters. The summed E-state index contributed by atoms with van der Waals surface area (Å²) in [6.45, 7) is 5.32. The first-order valence-corrected chi connectivity index (χ1v) is 16.7. The van der Waals surface area contributed by atoms with E-state index in [1.54, 1.807) is 6.92 Å². The largest absolute Gasteiger partial charge is 0.508 e. The summed E-state index contributed by atoms with van der Waals surface area (Å²) < 4.78 is 59.1. The maximum absolute atomic E-state index is 17.2. The van der Waals surface area contributed by atoms with Crippen LogP contribution in [0.3, 0.4) is 0 Å². The maximum atomic E-state index is 17.2. The lowest BCUT2D eigenvalue weighted by atomic mass is 9.75. The summed E-state index contributed by atoms with van der Waals surface area (Å²) >= 11 is 0. The van der Waals surface area contributed by atoms with Gasteiger partial charge in [-0.1, -0.05) is 12.0 Å². The zero-order valence-electron chi connectivity index (χ0n) is 26.8. The van der Waals surface area contributed by atoms with E-state index in [0.29, 0.717) is 49.2 Å². The summed E-state index contributed by atoms with van der Waals surface area (Å²) in [5.74, 6) is 1.27. The summed E-state index contributed by atoms with van der Waals surface area (Å²) in [5, 5.41) is 15.3. The lowest BCUT2D eigenvalue weighted by molar-refractivity contribution is 0.107. The second-order valence-electron chi connectivity index (χ2n) is 13.6. The zero-order chi connectivity index (χ0) is 33.2. The number of phenolic OH excluding ortho intramolecular Hbond substituents is 1. The fourth-order valence-electron chi connectivity index (χ4n) is 8.29. The van der Waals surface area contributed by atoms with Crippen LogP contribution in [0.2, 0.25) is 0 Å². The molecule has 0 amide bonds. The molecule has 2 N–H and O–H groups in total. The molecule has 8 rings (SSSR count). The quantitative estimate of drug-likeness (QED) is 0.250. The smallest absolute Gasteiger partial charge is 0.319 e. The van der Waals surface area contributed by atoms with Gasteiger partial charge in [0.05, 0.1) is 17.7 Å². The Balaban J connectivity index is 1.33. The maximum Gasteiger partial charge on any atom is 0.319 e. The van der Waals surface area contributed by atoms with Gasteiger partial charge < -0.3 is 24.8 Å². The number of nitrogens with one attached hydrogen (secondary N) is 1. The summed E-state index contributed by atoms with van der Waals surface area (Å²) in [6.07, 6.45) is 10.1. The molecule has 1 spiro atoms. The predicted octanol–water partition coefficient (Wildman–Crippen LogP) is 5.50. The Labute approximate surface area is 276 Å². The van der Waals surface area contributed by atoms with Crippen LogP contribution in [0.25, 0.3) is 32.9 Å². The molecule has 4 aromatic rings. The van der Waals surface area contributed by atoms with E-state index in [2.05, 4.69) is 31.0 Å². The molecule has 3 saturated heterocycles. The average Bonchev–Trinajstić information content (AvgIpc) is 3.59. The average molecular weight is 659 g/mol. The molecule has 12 heteroatoms. The van der Waals surface area contributed by atoms with E-state index < -0.39 is 23.3 Å². The minimum Gasteiger partial charge on any atom is -0.508 e. The third kappa shape index (κ3) is 4.98. The number of rotatable bonds is 7. The Morgan fingerprint density at radius 3 is 2.71 bits per heavy atom. The molecule has 0 bridgehead atoms. The van der Waals surface area contributed by atoms with Crippen molar-refractivity contribution in [1.29, 1.82) is 0 Å². The van der Waals surface area contributed by atoms with Crippen molar-refractivity contribution in [2.45, 2.75) is 62.7 Å². The molecule has 5 heterocycles. The molecule has 2 aromatic carbocycles. The Bertz CT molecular complexity index is 1980. The molecule has 1 saturated carbocycles. The van der Waals surface area contributed by atoms with Crippen LogP contribution < -0.4 is 19.7 Å². The number of aromatic hydroxyl groups is 1. The van der Waals surface area contributed by atoms with Crippen molar-refractivity contribution >= 4 is 27.5 Å². The molecule has 48 heavy (non-hydrogen) atoms. The minimum absolute atomic E-state index is 0.0307. The summed E-state index contributed by atoms with van der Waals surface area (Å²) in [6, 6.07) is 5.40. The molecule has 9 nitrogen and oxygen atoms in total. The van der Waals surface area contributed by atoms with Crippen LogP contribution in [-0.2, 0) is 0 Å². The number of phenols is 1. The molecule has 4 fully saturated rings. The lowest BCUT2D eigenvalue weighted by Gasteiger charge is -2.50. The van der Waals surface area contributed by atoms with E-state index in [4.69, 9.17) is 20.9 Å². The molecule has 0 unspecified atom stereocenters. The molecular weight excluding hydrogens is 621 g/mol. The van der Waals surface area contributed by atoms with Gasteiger partial charge in [-0.05, 0) is 69.2 Å². The first-order valence-electron chi connectivity index (χ1n) is 16.7. The van der Waals surface area contributed by atoms with E-state index >= 15 is 4.39 Å². The Kier molecular flexibility index (Phi) is 7.53. The van der Waals surface area contributed by atoms with Crippen molar-refractivity contribution in [3.05, 3.63) is 41.5 Å². The normalized spacial score (nSPS) is 23.4. The van der Waals surface area contributed by atoms with E-state index in [0.717, 1.165) is 38.6 Å². The van der Waals surface area contributed by atoms with E-state index in [1.807, 2.05) is 0 Å². The third-order valence-electron chi connectivity index (χ3n) is 10.7. The van der Waals surface area contributed by atoms with Crippen LogP contribution in [0.4, 0.5) is 19.0 Å². The monoisotopic (exact) mass is 658 g/mol. The van der Waals surface area contributed by atoms with E-state index in [9.17, 15) is 13.9 Å². The van der Waals surface area contributed by atoms with Gasteiger partial charge in [-0.3, -0.25) is 4.90 Å². The first kappa shape index (κ1) is 31.0. The highest BCUT2D eigenvalue weighted by molar-refractivity contribution is 6.04. The second-order valence-corrected chi connectivity index (χ2v) is 13.6. The number of halogens is 3. The highest BCUT2D eigenvalue weighted by atomic mass is 19.1. The Hall–Kier alpha value is -4.34. The van der Waals surface area contributed by atoms with Gasteiger partial charge in [-0.15, -0.1) is 6.42 Å². The van der Waals surface area contributed by atoms with Gasteiger partial charge in [0, 0.05) is 49.1 Å². The topological polar surface area (TPSA) is 95.9 Å². The van der Waals surface area contributed by atoms with Crippen LogP contribution in [0, 0.1) is 24.0 Å². The number of piperazine rings is 1. The number of alkyl halides is 1. The number of aromatic nitrogens is 3. The van der Waals surface area contributed by atoms with E-state index in [-0.39, 0.29) is 64.1 Å². The molecule has 1 aliphatic carbocycles. The standard InChI is InChI=1S/C36H37F3N6O3/c1-3-24-26(38)8-7-21-15-23(46)16-25(27(21)24)30-29(39)31-28(33(41-30)47-4-2)32(44-14-12-40-35(19-44)9-5-10-35)43-34(42-31)48-20-36-11-6-13-45(36)18-22(37)17-36/h1,7-8,15-16,22,40,46H,4-6,9-14,17-20H2,2H3/t22-,36+/m1/s1. The number of fused-ring (bicyclic) bond motifs is 3. The predicted molar refractivity (Wildman–Crippen MR) is 176 cm³/mol. The van der Waals surface area contributed by atoms with Gasteiger partial charge in [0.1, 0.15) is 46.8 Å². The number of anilines is 1. The third-order valence-corrected chi connectivity index (χ3v) is 10.7. The zero-order valence-corrected chi connectivity index (χ0v) is 26.8. The summed E-state index contributed by atoms with van der Waals surface area (Å²) in [4.78, 5) is 18.4. The molecule has 2 aromatic heterocycles. The lowest BCUT2D eigenvalue weighted by Crippen LogP contribution is -2.64. The van der Waals surface area contributed by atoms with Crippen LogP contribution in [0.1, 0.15) is 51.0 Å². The number of nitrogens with zero attached hydrogens (tertiary/aromatic N) is 5. The minimum atomic E-state index is -0.934. The first-order chi connectivity index (χ1) is 23.2. The van der Waals surface area contributed by atoms with Crippen molar-refractivity contribution < 1.29 is 27.8 Å². The molecule has 0 radical (unpaired) electrons. The summed E-state index contributed by atoms with van der Waals surface area (Å²) in [7, 11) is 0. The number of hydrogen-bond acceptors (Lipinski definition) is 9.